The maximum absolute atomic E-state index is 13.4. The van der Waals surface area contributed by atoms with E-state index >= 15 is 0 Å². The molecule has 4 bridgehead atoms. The summed E-state index contributed by atoms with van der Waals surface area (Å²) < 4.78 is 34.6. The normalized spacial score (nSPS) is 17.0. The second-order valence-corrected chi connectivity index (χ2v) is 11.0. The Hall–Kier alpha value is -4.51. The zero-order valence-electron chi connectivity index (χ0n) is 20.3. The largest absolute Gasteiger partial charge is 0.369 e. The van der Waals surface area contributed by atoms with Crippen molar-refractivity contribution >= 4 is 44.6 Å². The van der Waals surface area contributed by atoms with Crippen molar-refractivity contribution in [3.05, 3.63) is 84.8 Å². The van der Waals surface area contributed by atoms with Crippen LogP contribution in [0.15, 0.2) is 83.9 Å². The highest BCUT2D eigenvalue weighted by molar-refractivity contribution is 7.92. The number of fused-ring (bicyclic) bond motifs is 4. The van der Waals surface area contributed by atoms with Crippen molar-refractivity contribution in [2.24, 2.45) is 0 Å². The summed E-state index contributed by atoms with van der Waals surface area (Å²) in [5.74, 6) is 0.859. The van der Waals surface area contributed by atoms with Crippen LogP contribution in [-0.4, -0.2) is 32.5 Å². The molecule has 5 N–H and O–H groups in total. The number of carbonyl (C=O) groups is 1. The summed E-state index contributed by atoms with van der Waals surface area (Å²) in [6.07, 6.45) is 3.08. The molecule has 3 aromatic carbocycles. The van der Waals surface area contributed by atoms with Gasteiger partial charge >= 0.3 is 6.03 Å². The molecule has 1 aromatic heterocycles. The molecule has 0 fully saturated rings. The molecule has 1 aliphatic rings. The molecule has 4 aromatic rings. The molecule has 0 radical (unpaired) electrons. The molecule has 5 rings (SSSR count). The van der Waals surface area contributed by atoms with Crippen LogP contribution in [-0.2, 0) is 9.73 Å². The number of nitrogens with one attached hydrogen (secondary N) is 5. The first kappa shape index (κ1) is 25.2. The Morgan fingerprint density at radius 3 is 2.58 bits per heavy atom. The van der Waals surface area contributed by atoms with Crippen LogP contribution >= 0.6 is 0 Å². The molecule has 11 heteroatoms. The van der Waals surface area contributed by atoms with E-state index in [4.69, 9.17) is 4.78 Å². The van der Waals surface area contributed by atoms with Gasteiger partial charge in [0.25, 0.3) is 0 Å². The van der Waals surface area contributed by atoms with Crippen LogP contribution in [0.2, 0.25) is 0 Å². The van der Waals surface area contributed by atoms with E-state index in [1.54, 1.807) is 42.6 Å². The zero-order valence-corrected chi connectivity index (χ0v) is 21.1. The van der Waals surface area contributed by atoms with E-state index in [9.17, 15) is 13.4 Å². The van der Waals surface area contributed by atoms with E-state index in [1.165, 1.54) is 18.2 Å². The van der Waals surface area contributed by atoms with Crippen molar-refractivity contribution in [1.29, 1.82) is 4.78 Å². The van der Waals surface area contributed by atoms with Gasteiger partial charge < -0.3 is 21.3 Å². The number of rotatable bonds is 3. The molecule has 38 heavy (non-hydrogen) atoms. The van der Waals surface area contributed by atoms with Crippen molar-refractivity contribution in [3.8, 4) is 11.1 Å². The maximum Gasteiger partial charge on any atom is 0.323 e. The summed E-state index contributed by atoms with van der Waals surface area (Å²) in [7, 11) is -2.88. The Balaban J connectivity index is 1.35. The second kappa shape index (κ2) is 10.9. The number of amides is 2. The lowest BCUT2D eigenvalue weighted by Crippen LogP contribution is -2.19. The summed E-state index contributed by atoms with van der Waals surface area (Å²) in [4.78, 5) is 21.9. The highest BCUT2D eigenvalue weighted by Crippen LogP contribution is 2.29. The molecule has 1 unspecified atom stereocenters. The third kappa shape index (κ3) is 6.06. The quantitative estimate of drug-likeness (QED) is 0.211. The predicted octanol–water partition coefficient (Wildman–Crippen LogP) is 6.28. The number of anilines is 5. The number of benzene rings is 3. The lowest BCUT2D eigenvalue weighted by molar-refractivity contribution is 0.262. The molecule has 0 aliphatic carbocycles. The topological polar surface area (TPSA) is 132 Å². The lowest BCUT2D eigenvalue weighted by Gasteiger charge is -2.14. The van der Waals surface area contributed by atoms with Gasteiger partial charge in [0.2, 0.25) is 5.95 Å². The van der Waals surface area contributed by atoms with E-state index in [1.807, 2.05) is 18.2 Å². The number of carbonyl (C=O) groups excluding carboxylic acids is 1. The Kier molecular flexibility index (Phi) is 7.18. The summed E-state index contributed by atoms with van der Waals surface area (Å²) in [5.41, 5.74) is 3.20. The average molecular weight is 532 g/mol. The van der Waals surface area contributed by atoms with Crippen LogP contribution in [0.25, 0.3) is 11.1 Å². The summed E-state index contributed by atoms with van der Waals surface area (Å²) in [6, 6.07) is 19.4. The number of nitrogens with zero attached hydrogens (tertiary/aromatic N) is 2. The van der Waals surface area contributed by atoms with E-state index < -0.39 is 21.6 Å². The Bertz CT molecular complexity index is 1580. The molecule has 1 aliphatic heterocycles. The van der Waals surface area contributed by atoms with Gasteiger partial charge in [-0.1, -0.05) is 24.3 Å². The monoisotopic (exact) mass is 531 g/mol. The summed E-state index contributed by atoms with van der Waals surface area (Å²) in [6.45, 7) is 0.594. The third-order valence-corrected chi connectivity index (χ3v) is 7.83. The first-order valence-electron chi connectivity index (χ1n) is 12.0. The van der Waals surface area contributed by atoms with Crippen LogP contribution in [0.1, 0.15) is 12.8 Å². The number of hydrogen-bond donors (Lipinski definition) is 5. The van der Waals surface area contributed by atoms with Gasteiger partial charge in [0, 0.05) is 46.0 Å². The van der Waals surface area contributed by atoms with Crippen LogP contribution < -0.4 is 21.3 Å². The SMILES string of the molecule is N=S1(=O)CCCCNc2nc(ncc2-c2ccc(NC(=O)Nc3cccc(F)c3)cc2)Nc2cccc1c2. The van der Waals surface area contributed by atoms with Crippen LogP contribution in [0.3, 0.4) is 0 Å². The van der Waals surface area contributed by atoms with E-state index in [0.717, 1.165) is 17.5 Å². The molecular formula is C27H26FN7O2S. The first-order chi connectivity index (χ1) is 18.4. The van der Waals surface area contributed by atoms with Gasteiger partial charge in [-0.3, -0.25) is 0 Å². The third-order valence-electron chi connectivity index (χ3n) is 5.95. The Labute approximate surface area is 219 Å². The van der Waals surface area contributed by atoms with Crippen molar-refractivity contribution in [3.63, 3.8) is 0 Å². The standard InChI is InChI=1S/C27H26FN7O2S/c28-19-5-3-6-21(15-19)34-27(36)33-20-11-9-18(10-12-20)24-17-31-26-32-22-7-4-8-23(16-22)38(29,37)14-2-1-13-30-25(24)35-26/h3-12,15-17,29H,1-2,13-14H2,(H2,33,34,36)(H2,30,31,32,35). The van der Waals surface area contributed by atoms with Crippen LogP contribution in [0.4, 0.5) is 38.0 Å². The molecule has 1 atom stereocenters. The molecule has 194 valence electrons. The van der Waals surface area contributed by atoms with E-state index in [0.29, 0.717) is 46.7 Å². The number of urea groups is 1. The van der Waals surface area contributed by atoms with Crippen molar-refractivity contribution < 1.29 is 13.4 Å². The smallest absolute Gasteiger partial charge is 0.323 e. The fourth-order valence-electron chi connectivity index (χ4n) is 4.04. The lowest BCUT2D eigenvalue weighted by atomic mass is 10.1. The van der Waals surface area contributed by atoms with Crippen molar-refractivity contribution in [1.82, 2.24) is 9.97 Å². The number of halogens is 1. The minimum atomic E-state index is -2.88. The number of aromatic nitrogens is 2. The molecule has 2 amide bonds. The van der Waals surface area contributed by atoms with Gasteiger partial charge in [0.05, 0.1) is 9.73 Å². The maximum atomic E-state index is 13.4. The van der Waals surface area contributed by atoms with Crippen molar-refractivity contribution in [2.45, 2.75) is 17.7 Å². The number of hydrogen-bond acceptors (Lipinski definition) is 7. The Morgan fingerprint density at radius 1 is 0.974 bits per heavy atom. The minimum absolute atomic E-state index is 0.287. The predicted molar refractivity (Wildman–Crippen MR) is 148 cm³/mol. The van der Waals surface area contributed by atoms with Gasteiger partial charge in [-0.15, -0.1) is 0 Å². The molecule has 0 saturated carbocycles. The molecular weight excluding hydrogens is 505 g/mol. The summed E-state index contributed by atoms with van der Waals surface area (Å²) in [5, 5.41) is 11.8. The van der Waals surface area contributed by atoms with Crippen LogP contribution in [0, 0.1) is 10.6 Å². The van der Waals surface area contributed by atoms with Crippen molar-refractivity contribution in [2.75, 3.05) is 33.6 Å². The average Bonchev–Trinajstić information content (AvgIpc) is 2.89. The van der Waals surface area contributed by atoms with Gasteiger partial charge in [-0.2, -0.15) is 4.98 Å². The minimum Gasteiger partial charge on any atom is -0.369 e. The van der Waals surface area contributed by atoms with E-state index in [2.05, 4.69) is 31.2 Å². The fourth-order valence-corrected chi connectivity index (χ4v) is 5.51. The highest BCUT2D eigenvalue weighted by Gasteiger charge is 2.15. The van der Waals surface area contributed by atoms with Gasteiger partial charge in [-0.05, 0) is 66.9 Å². The second-order valence-electron chi connectivity index (χ2n) is 8.79. The Morgan fingerprint density at radius 2 is 1.76 bits per heavy atom. The van der Waals surface area contributed by atoms with Gasteiger partial charge in [0.15, 0.2) is 0 Å². The molecule has 9 nitrogen and oxygen atoms in total. The first-order valence-corrected chi connectivity index (χ1v) is 13.8. The molecule has 2 heterocycles. The van der Waals surface area contributed by atoms with Gasteiger partial charge in [0.1, 0.15) is 11.6 Å². The molecule has 0 saturated heterocycles. The summed E-state index contributed by atoms with van der Waals surface area (Å²) >= 11 is 0. The van der Waals surface area contributed by atoms with Crippen LogP contribution in [0.5, 0.6) is 0 Å². The highest BCUT2D eigenvalue weighted by atomic mass is 32.2. The fraction of sp³-hybridized carbons (Fsp3) is 0.148. The zero-order chi connectivity index (χ0) is 26.5. The van der Waals surface area contributed by atoms with Gasteiger partial charge in [-0.25, -0.2) is 23.2 Å². The molecule has 0 spiro atoms. The van der Waals surface area contributed by atoms with E-state index in [-0.39, 0.29) is 5.75 Å².